The molecule has 1 amide bonds. The molecule has 6 nitrogen and oxygen atoms in total. The molecule has 0 aromatic carbocycles. The number of thioether (sulfide) groups is 1. The van der Waals surface area contributed by atoms with Crippen LogP contribution in [0.15, 0.2) is 0 Å². The molecule has 2 N–H and O–H groups in total. The quantitative estimate of drug-likeness (QED) is 0.336. The van der Waals surface area contributed by atoms with Gasteiger partial charge in [0.15, 0.2) is 0 Å². The molecule has 0 spiro atoms. The van der Waals surface area contributed by atoms with E-state index in [9.17, 15) is 14.4 Å². The molecule has 0 aromatic heterocycles. The van der Waals surface area contributed by atoms with E-state index in [-0.39, 0.29) is 11.7 Å². The Morgan fingerprint density at radius 3 is 2.75 bits per heavy atom. The highest BCUT2D eigenvalue weighted by atomic mass is 32.2. The summed E-state index contributed by atoms with van der Waals surface area (Å²) >= 11 is 1.37. The number of esters is 1. The topological polar surface area (TPSA) is 92.7 Å². The fourth-order valence-corrected chi connectivity index (χ4v) is 1.88. The van der Waals surface area contributed by atoms with Crippen LogP contribution in [0.2, 0.25) is 0 Å². The Bertz CT molecular complexity index is 246. The summed E-state index contributed by atoms with van der Waals surface area (Å²) in [4.78, 5) is 31.4. The lowest BCUT2D eigenvalue weighted by Gasteiger charge is -2.09. The number of aliphatic carboxylic acids is 1. The maximum absolute atomic E-state index is 10.7. The van der Waals surface area contributed by atoms with E-state index in [2.05, 4.69) is 10.1 Å². The van der Waals surface area contributed by atoms with Crippen molar-refractivity contribution in [2.24, 2.45) is 0 Å². The summed E-state index contributed by atoms with van der Waals surface area (Å²) in [5.41, 5.74) is 0. The molecule has 16 heavy (non-hydrogen) atoms. The Balaban J connectivity index is 3.58. The number of methoxy groups -OCH3 is 1. The van der Waals surface area contributed by atoms with Gasteiger partial charge in [-0.1, -0.05) is 0 Å². The molecule has 0 radical (unpaired) electrons. The second-order valence-corrected chi connectivity index (χ2v) is 4.08. The first-order valence-corrected chi connectivity index (χ1v) is 5.84. The molecular weight excluding hydrogens is 234 g/mol. The molecule has 0 aliphatic carbocycles. The Hall–Kier alpha value is -1.24. The molecule has 0 aliphatic rings. The van der Waals surface area contributed by atoms with Crippen molar-refractivity contribution in [1.82, 2.24) is 5.32 Å². The van der Waals surface area contributed by atoms with Crippen molar-refractivity contribution in [1.29, 1.82) is 0 Å². The van der Waals surface area contributed by atoms with E-state index in [1.54, 1.807) is 0 Å². The first-order chi connectivity index (χ1) is 7.61. The summed E-state index contributed by atoms with van der Waals surface area (Å²) in [6.07, 6.45) is 1.32. The second kappa shape index (κ2) is 9.02. The Morgan fingerprint density at radius 2 is 2.25 bits per heavy atom. The van der Waals surface area contributed by atoms with Gasteiger partial charge in [0.1, 0.15) is 6.04 Å². The number of hydrogen-bond donors (Lipinski definition) is 2. The molecule has 0 bridgehead atoms. The molecule has 0 rings (SSSR count). The lowest BCUT2D eigenvalue weighted by molar-refractivity contribution is -0.141. The van der Waals surface area contributed by atoms with Crippen LogP contribution in [0.25, 0.3) is 0 Å². The molecular formula is C9H15NO5S. The standard InChI is InChI=1S/C9H15NO5S/c1-15-8(12)3-2-4-16-5-7(9(13)14)10-6-11/h6-7H,2-5H2,1H3,(H,10,11)(H,13,14). The summed E-state index contributed by atoms with van der Waals surface area (Å²) < 4.78 is 4.45. The lowest BCUT2D eigenvalue weighted by atomic mass is 10.3. The first kappa shape index (κ1) is 14.8. The second-order valence-electron chi connectivity index (χ2n) is 2.93. The van der Waals surface area contributed by atoms with Gasteiger partial charge in [-0.2, -0.15) is 11.8 Å². The highest BCUT2D eigenvalue weighted by Crippen LogP contribution is 2.07. The summed E-state index contributed by atoms with van der Waals surface area (Å²) in [7, 11) is 1.32. The summed E-state index contributed by atoms with van der Waals surface area (Å²) in [6.45, 7) is 0. The van der Waals surface area contributed by atoms with Crippen molar-refractivity contribution in [3.05, 3.63) is 0 Å². The number of amides is 1. The van der Waals surface area contributed by atoms with Crippen molar-refractivity contribution < 1.29 is 24.2 Å². The molecule has 0 fully saturated rings. The van der Waals surface area contributed by atoms with E-state index >= 15 is 0 Å². The van der Waals surface area contributed by atoms with Crippen LogP contribution >= 0.6 is 11.8 Å². The van der Waals surface area contributed by atoms with Gasteiger partial charge in [-0.3, -0.25) is 9.59 Å². The largest absolute Gasteiger partial charge is 0.480 e. The Kier molecular flexibility index (Phi) is 8.32. The van der Waals surface area contributed by atoms with E-state index in [0.29, 0.717) is 25.0 Å². The van der Waals surface area contributed by atoms with Crippen LogP contribution in [0, 0.1) is 0 Å². The maximum Gasteiger partial charge on any atom is 0.327 e. The zero-order valence-electron chi connectivity index (χ0n) is 8.97. The SMILES string of the molecule is COC(=O)CCCSCC(NC=O)C(=O)O. The number of carbonyl (C=O) groups excluding carboxylic acids is 2. The minimum Gasteiger partial charge on any atom is -0.480 e. The zero-order valence-corrected chi connectivity index (χ0v) is 9.79. The van der Waals surface area contributed by atoms with Crippen LogP contribution < -0.4 is 5.32 Å². The molecule has 0 saturated heterocycles. The molecule has 0 saturated carbocycles. The normalized spacial score (nSPS) is 11.6. The molecule has 1 unspecified atom stereocenters. The van der Waals surface area contributed by atoms with Crippen LogP contribution in [-0.2, 0) is 19.1 Å². The van der Waals surface area contributed by atoms with Gasteiger partial charge in [0.25, 0.3) is 0 Å². The van der Waals surface area contributed by atoms with E-state index in [0.717, 1.165) is 0 Å². The van der Waals surface area contributed by atoms with Gasteiger partial charge in [0.2, 0.25) is 6.41 Å². The third-order valence-corrected chi connectivity index (χ3v) is 2.90. The number of rotatable bonds is 9. The minimum atomic E-state index is -1.06. The predicted octanol–water partition coefficient (Wildman–Crippen LogP) is -0.128. The van der Waals surface area contributed by atoms with Crippen LogP contribution in [-0.4, -0.2) is 48.1 Å². The van der Waals surface area contributed by atoms with E-state index in [1.165, 1.54) is 18.9 Å². The zero-order chi connectivity index (χ0) is 12.4. The number of carboxylic acid groups (broad SMARTS) is 1. The van der Waals surface area contributed by atoms with Crippen LogP contribution in [0.5, 0.6) is 0 Å². The minimum absolute atomic E-state index is 0.276. The van der Waals surface area contributed by atoms with Crippen LogP contribution in [0.4, 0.5) is 0 Å². The predicted molar refractivity (Wildman–Crippen MR) is 59.2 cm³/mol. The molecule has 92 valence electrons. The fraction of sp³-hybridized carbons (Fsp3) is 0.667. The monoisotopic (exact) mass is 249 g/mol. The first-order valence-electron chi connectivity index (χ1n) is 4.69. The van der Waals surface area contributed by atoms with Crippen molar-refractivity contribution in [2.75, 3.05) is 18.6 Å². The van der Waals surface area contributed by atoms with Gasteiger partial charge < -0.3 is 15.2 Å². The lowest BCUT2D eigenvalue weighted by Crippen LogP contribution is -2.37. The van der Waals surface area contributed by atoms with Crippen LogP contribution in [0.3, 0.4) is 0 Å². The average Bonchev–Trinajstić information content (AvgIpc) is 2.26. The summed E-state index contributed by atoms with van der Waals surface area (Å²) in [5, 5.41) is 10.9. The van der Waals surface area contributed by atoms with E-state index in [1.807, 2.05) is 0 Å². The molecule has 0 aliphatic heterocycles. The number of carbonyl (C=O) groups is 3. The van der Waals surface area contributed by atoms with Crippen molar-refractivity contribution >= 4 is 30.1 Å². The third-order valence-electron chi connectivity index (χ3n) is 1.75. The number of ether oxygens (including phenoxy) is 1. The molecule has 1 atom stereocenters. The van der Waals surface area contributed by atoms with Gasteiger partial charge in [0.05, 0.1) is 7.11 Å². The van der Waals surface area contributed by atoms with Crippen molar-refractivity contribution in [2.45, 2.75) is 18.9 Å². The molecule has 0 heterocycles. The van der Waals surface area contributed by atoms with Crippen LogP contribution in [0.1, 0.15) is 12.8 Å². The number of carboxylic acids is 1. The van der Waals surface area contributed by atoms with Gasteiger partial charge in [-0.15, -0.1) is 0 Å². The van der Waals surface area contributed by atoms with Gasteiger partial charge in [0, 0.05) is 12.2 Å². The highest BCUT2D eigenvalue weighted by molar-refractivity contribution is 7.99. The summed E-state index contributed by atoms with van der Waals surface area (Å²) in [6, 6.07) is -0.874. The highest BCUT2D eigenvalue weighted by Gasteiger charge is 2.15. The Morgan fingerprint density at radius 1 is 1.56 bits per heavy atom. The third kappa shape index (κ3) is 7.10. The average molecular weight is 249 g/mol. The Labute approximate surface area is 97.7 Å². The number of nitrogens with one attached hydrogen (secondary N) is 1. The van der Waals surface area contributed by atoms with Crippen molar-refractivity contribution in [3.63, 3.8) is 0 Å². The molecule has 7 heteroatoms. The van der Waals surface area contributed by atoms with E-state index < -0.39 is 12.0 Å². The fourth-order valence-electron chi connectivity index (χ4n) is 0.895. The number of hydrogen-bond acceptors (Lipinski definition) is 5. The van der Waals surface area contributed by atoms with E-state index in [4.69, 9.17) is 5.11 Å². The maximum atomic E-state index is 10.7. The van der Waals surface area contributed by atoms with Gasteiger partial charge >= 0.3 is 11.9 Å². The van der Waals surface area contributed by atoms with Gasteiger partial charge in [-0.05, 0) is 12.2 Å². The summed E-state index contributed by atoms with van der Waals surface area (Å²) in [5.74, 6) is -0.400. The molecule has 0 aromatic rings. The van der Waals surface area contributed by atoms with Gasteiger partial charge in [-0.25, -0.2) is 4.79 Å². The van der Waals surface area contributed by atoms with Crippen molar-refractivity contribution in [3.8, 4) is 0 Å². The smallest absolute Gasteiger partial charge is 0.327 e.